The third-order valence-electron chi connectivity index (χ3n) is 5.11. The second-order valence-corrected chi connectivity index (χ2v) is 10.6. The van der Waals surface area contributed by atoms with Crippen LogP contribution in [0.15, 0.2) is 30.9 Å². The summed E-state index contributed by atoms with van der Waals surface area (Å²) in [5.74, 6) is 1.01. The first-order chi connectivity index (χ1) is 17.1. The molecule has 0 fully saturated rings. The summed E-state index contributed by atoms with van der Waals surface area (Å²) >= 11 is 0. The highest BCUT2D eigenvalue weighted by atomic mass is 31.2. The molecule has 4 rings (SSSR count). The quantitative estimate of drug-likeness (QED) is 0.281. The molecule has 1 aliphatic rings. The van der Waals surface area contributed by atoms with Crippen molar-refractivity contribution < 1.29 is 32.8 Å². The van der Waals surface area contributed by atoms with Crippen LogP contribution in [0.3, 0.4) is 0 Å². The van der Waals surface area contributed by atoms with Crippen LogP contribution in [0.1, 0.15) is 27.7 Å². The summed E-state index contributed by atoms with van der Waals surface area (Å²) < 4.78 is 43.3. The van der Waals surface area contributed by atoms with E-state index in [-0.39, 0.29) is 30.8 Å². The summed E-state index contributed by atoms with van der Waals surface area (Å²) in [6.07, 6.45) is 1.87. The lowest BCUT2D eigenvalue weighted by molar-refractivity contribution is -0.149. The van der Waals surface area contributed by atoms with Gasteiger partial charge in [-0.05, 0) is 39.8 Å². The molecule has 0 spiro atoms. The van der Waals surface area contributed by atoms with Crippen molar-refractivity contribution in [1.82, 2.24) is 24.6 Å². The molecule has 2 aromatic heterocycles. The molecule has 0 aliphatic carbocycles. The SMILES string of the molecule is CC(C)OC(=O)[C@@H](C)N[P@](=O)(CO[C@H](C)Cn1cnc2c(N)ncnc21)Oc1ccc2c(c1)OCO2. The Hall–Kier alpha value is -3.41. The van der Waals surface area contributed by atoms with E-state index in [1.807, 2.05) is 0 Å². The molecule has 3 atom stereocenters. The zero-order valence-corrected chi connectivity index (χ0v) is 21.3. The van der Waals surface area contributed by atoms with Crippen LogP contribution in [0.4, 0.5) is 5.82 Å². The average Bonchev–Trinajstić information content (AvgIpc) is 3.45. The normalized spacial score (nSPS) is 16.0. The number of imidazole rings is 1. The van der Waals surface area contributed by atoms with Crippen LogP contribution in [-0.4, -0.2) is 56.9 Å². The highest BCUT2D eigenvalue weighted by Gasteiger charge is 2.32. The number of fused-ring (bicyclic) bond motifs is 2. The number of esters is 1. The van der Waals surface area contributed by atoms with Crippen molar-refractivity contribution in [3.63, 3.8) is 0 Å². The van der Waals surface area contributed by atoms with Crippen molar-refractivity contribution >= 4 is 30.5 Å². The highest BCUT2D eigenvalue weighted by molar-refractivity contribution is 7.57. The summed E-state index contributed by atoms with van der Waals surface area (Å²) in [4.78, 5) is 24.8. The molecule has 0 amide bonds. The predicted molar refractivity (Wildman–Crippen MR) is 130 cm³/mol. The van der Waals surface area contributed by atoms with E-state index in [0.29, 0.717) is 29.2 Å². The first-order valence-electron chi connectivity index (χ1n) is 11.3. The standard InChI is InChI=1S/C22H29N6O7P/c1-13(2)34-22(29)15(4)27-36(30,35-16-5-6-17-18(7-16)32-11-31-17)12-33-14(3)8-28-10-26-19-20(23)24-9-25-21(19)28/h5-7,9-10,13-15H,8,11-12H2,1-4H3,(H,27,30)(H2,23,24,25)/t14-,15-,36+/m1/s1. The van der Waals surface area contributed by atoms with E-state index in [1.165, 1.54) is 6.33 Å². The molecule has 0 saturated carbocycles. The second-order valence-electron chi connectivity index (χ2n) is 8.55. The van der Waals surface area contributed by atoms with E-state index in [0.717, 1.165) is 0 Å². The van der Waals surface area contributed by atoms with Crippen LogP contribution >= 0.6 is 7.52 Å². The Balaban J connectivity index is 1.47. The van der Waals surface area contributed by atoms with Gasteiger partial charge in [-0.1, -0.05) is 0 Å². The van der Waals surface area contributed by atoms with Gasteiger partial charge in [-0.15, -0.1) is 0 Å². The van der Waals surface area contributed by atoms with Crippen LogP contribution in [0.2, 0.25) is 0 Å². The lowest BCUT2D eigenvalue weighted by Crippen LogP contribution is -2.37. The Labute approximate surface area is 207 Å². The summed E-state index contributed by atoms with van der Waals surface area (Å²) in [5, 5.41) is 2.77. The van der Waals surface area contributed by atoms with Gasteiger partial charge in [0.05, 0.1) is 25.1 Å². The van der Waals surface area contributed by atoms with E-state index in [9.17, 15) is 9.36 Å². The smallest absolute Gasteiger partial charge is 0.342 e. The van der Waals surface area contributed by atoms with Gasteiger partial charge in [0.15, 0.2) is 23.0 Å². The predicted octanol–water partition coefficient (Wildman–Crippen LogP) is 2.70. The van der Waals surface area contributed by atoms with Gasteiger partial charge in [0.25, 0.3) is 0 Å². The summed E-state index contributed by atoms with van der Waals surface area (Å²) in [6, 6.07) is 3.91. The number of nitrogen functional groups attached to an aromatic ring is 1. The van der Waals surface area contributed by atoms with E-state index < -0.39 is 25.6 Å². The lowest BCUT2D eigenvalue weighted by atomic mass is 10.3. The van der Waals surface area contributed by atoms with Gasteiger partial charge < -0.3 is 33.8 Å². The molecule has 14 heteroatoms. The number of carbonyl (C=O) groups is 1. The third kappa shape index (κ3) is 6.04. The molecule has 0 unspecified atom stereocenters. The van der Waals surface area contributed by atoms with Gasteiger partial charge in [0.2, 0.25) is 6.79 Å². The fourth-order valence-electron chi connectivity index (χ4n) is 3.46. The van der Waals surface area contributed by atoms with E-state index in [2.05, 4.69) is 20.0 Å². The number of hydrogen-bond acceptors (Lipinski definition) is 11. The van der Waals surface area contributed by atoms with Crippen LogP contribution < -0.4 is 24.8 Å². The van der Waals surface area contributed by atoms with Gasteiger partial charge in [-0.25, -0.2) is 20.0 Å². The molecule has 1 aromatic carbocycles. The molecule has 3 N–H and O–H groups in total. The number of benzene rings is 1. The van der Waals surface area contributed by atoms with Crippen molar-refractivity contribution in [2.45, 2.75) is 52.5 Å². The molecule has 194 valence electrons. The Morgan fingerprint density at radius 3 is 2.75 bits per heavy atom. The maximum Gasteiger partial charge on any atom is 0.342 e. The minimum absolute atomic E-state index is 0.0902. The highest BCUT2D eigenvalue weighted by Crippen LogP contribution is 2.46. The number of ether oxygens (including phenoxy) is 4. The topological polar surface area (TPSA) is 162 Å². The molecular formula is C22H29N6O7P. The molecule has 3 aromatic rings. The van der Waals surface area contributed by atoms with Gasteiger partial charge in [-0.3, -0.25) is 9.36 Å². The fraction of sp³-hybridized carbons (Fsp3) is 0.455. The molecular weight excluding hydrogens is 491 g/mol. The Morgan fingerprint density at radius 1 is 1.19 bits per heavy atom. The van der Waals surface area contributed by atoms with Gasteiger partial charge in [0.1, 0.15) is 30.0 Å². The summed E-state index contributed by atoms with van der Waals surface area (Å²) in [6.45, 7) is 7.25. The molecule has 0 saturated heterocycles. The number of carbonyl (C=O) groups excluding carboxylic acids is 1. The minimum Gasteiger partial charge on any atom is -0.462 e. The second kappa shape index (κ2) is 10.7. The van der Waals surface area contributed by atoms with E-state index in [4.69, 9.17) is 29.2 Å². The Kier molecular flexibility index (Phi) is 7.62. The number of hydrogen-bond donors (Lipinski definition) is 2. The first-order valence-corrected chi connectivity index (χ1v) is 13.1. The van der Waals surface area contributed by atoms with E-state index >= 15 is 0 Å². The van der Waals surface area contributed by atoms with E-state index in [1.54, 1.807) is 56.8 Å². The number of aromatic nitrogens is 4. The van der Waals surface area contributed by atoms with Crippen molar-refractivity contribution in [2.75, 3.05) is 18.9 Å². The maximum atomic E-state index is 13.9. The number of anilines is 1. The van der Waals surface area contributed by atoms with Crippen molar-refractivity contribution in [2.24, 2.45) is 0 Å². The number of nitrogens with two attached hydrogens (primary N) is 1. The molecule has 13 nitrogen and oxygen atoms in total. The molecule has 0 bridgehead atoms. The third-order valence-corrected chi connectivity index (χ3v) is 6.88. The van der Waals surface area contributed by atoms with Gasteiger partial charge in [0, 0.05) is 6.07 Å². The average molecular weight is 520 g/mol. The lowest BCUT2D eigenvalue weighted by Gasteiger charge is -2.25. The molecule has 36 heavy (non-hydrogen) atoms. The number of rotatable bonds is 11. The summed E-state index contributed by atoms with van der Waals surface area (Å²) in [7, 11) is -3.76. The van der Waals surface area contributed by atoms with Crippen molar-refractivity contribution in [3.05, 3.63) is 30.9 Å². The van der Waals surface area contributed by atoms with Crippen LogP contribution in [0, 0.1) is 0 Å². The number of nitrogens with one attached hydrogen (secondary N) is 1. The van der Waals surface area contributed by atoms with Crippen LogP contribution in [0.25, 0.3) is 11.2 Å². The molecule has 3 heterocycles. The zero-order valence-electron chi connectivity index (χ0n) is 20.4. The van der Waals surface area contributed by atoms with Gasteiger partial charge in [-0.2, -0.15) is 0 Å². The van der Waals surface area contributed by atoms with Crippen LogP contribution in [-0.2, 0) is 25.4 Å². The summed E-state index contributed by atoms with van der Waals surface area (Å²) in [5.41, 5.74) is 6.89. The molecule has 1 aliphatic heterocycles. The minimum atomic E-state index is -3.76. The Bertz CT molecular complexity index is 1280. The largest absolute Gasteiger partial charge is 0.462 e. The fourth-order valence-corrected chi connectivity index (χ4v) is 5.24. The van der Waals surface area contributed by atoms with Crippen molar-refractivity contribution in [3.8, 4) is 17.2 Å². The molecule has 0 radical (unpaired) electrons. The first kappa shape index (κ1) is 25.7. The van der Waals surface area contributed by atoms with Crippen LogP contribution in [0.5, 0.6) is 17.2 Å². The monoisotopic (exact) mass is 520 g/mol. The van der Waals surface area contributed by atoms with Crippen molar-refractivity contribution in [1.29, 1.82) is 0 Å². The Morgan fingerprint density at radius 2 is 1.97 bits per heavy atom. The number of nitrogens with zero attached hydrogens (tertiary/aromatic N) is 4. The maximum absolute atomic E-state index is 13.9. The zero-order chi connectivity index (χ0) is 25.9. The van der Waals surface area contributed by atoms with Gasteiger partial charge >= 0.3 is 13.5 Å².